The Morgan fingerprint density at radius 2 is 1.41 bits per heavy atom. The second-order valence-corrected chi connectivity index (χ2v) is 15.9. The van der Waals surface area contributed by atoms with Gasteiger partial charge in [0.25, 0.3) is 0 Å². The van der Waals surface area contributed by atoms with Gasteiger partial charge < -0.3 is 9.05 Å². The van der Waals surface area contributed by atoms with Gasteiger partial charge >= 0.3 is 7.82 Å². The molecule has 2 aromatic carbocycles. The molecule has 4 aliphatic carbocycles. The van der Waals surface area contributed by atoms with Crippen molar-refractivity contribution in [2.75, 3.05) is 0 Å². The van der Waals surface area contributed by atoms with E-state index in [-0.39, 0.29) is 6.10 Å². The van der Waals surface area contributed by atoms with E-state index < -0.39 is 7.82 Å². The molecule has 4 nitrogen and oxygen atoms in total. The molecule has 0 aliphatic heterocycles. The minimum atomic E-state index is -3.88. The smallest absolute Gasteiger partial charge is 0.395 e. The van der Waals surface area contributed by atoms with Gasteiger partial charge in [-0.15, -0.1) is 0 Å². The number of benzene rings is 2. The zero-order chi connectivity index (χ0) is 28.7. The molecule has 4 aliphatic rings. The van der Waals surface area contributed by atoms with Crippen LogP contribution in [0.15, 0.2) is 60.7 Å². The molecular weight excluding hydrogens is 527 g/mol. The Bertz CT molecular complexity index is 1160. The minimum absolute atomic E-state index is 0.123. The molecule has 0 amide bonds. The van der Waals surface area contributed by atoms with Gasteiger partial charge in [-0.05, 0) is 128 Å². The predicted molar refractivity (Wildman–Crippen MR) is 166 cm³/mol. The molecule has 5 heteroatoms. The van der Waals surface area contributed by atoms with Crippen LogP contribution in [0, 0.1) is 46.3 Å². The van der Waals surface area contributed by atoms with Crippen LogP contribution in [0.1, 0.15) is 98.3 Å². The Morgan fingerprint density at radius 3 is 2.05 bits per heavy atom. The summed E-state index contributed by atoms with van der Waals surface area (Å²) in [6.45, 7) is 10.2. The van der Waals surface area contributed by atoms with E-state index in [1.54, 1.807) is 24.3 Å². The first-order valence-corrected chi connectivity index (χ1v) is 18.0. The fraction of sp³-hybridized carbons (Fsp3) is 0.667. The van der Waals surface area contributed by atoms with E-state index in [2.05, 4.69) is 27.7 Å². The lowest BCUT2D eigenvalue weighted by Crippen LogP contribution is -2.54. The molecule has 2 aromatic rings. The van der Waals surface area contributed by atoms with Crippen molar-refractivity contribution in [2.24, 2.45) is 46.3 Å². The summed E-state index contributed by atoms with van der Waals surface area (Å²) in [5, 5.41) is 0. The van der Waals surface area contributed by atoms with Crippen LogP contribution in [0.25, 0.3) is 0 Å². The molecule has 4 fully saturated rings. The number of hydrogen-bond acceptors (Lipinski definition) is 4. The Morgan fingerprint density at radius 1 is 0.805 bits per heavy atom. The summed E-state index contributed by atoms with van der Waals surface area (Å²) in [4.78, 5) is 0. The van der Waals surface area contributed by atoms with Crippen LogP contribution in [0.4, 0.5) is 0 Å². The van der Waals surface area contributed by atoms with Crippen LogP contribution in [0.2, 0.25) is 0 Å². The van der Waals surface area contributed by atoms with Crippen molar-refractivity contribution < 1.29 is 18.1 Å². The molecule has 0 saturated heterocycles. The third-order valence-corrected chi connectivity index (χ3v) is 13.7. The van der Waals surface area contributed by atoms with Crippen molar-refractivity contribution in [1.29, 1.82) is 0 Å². The van der Waals surface area contributed by atoms with E-state index in [9.17, 15) is 4.57 Å². The maximum Gasteiger partial charge on any atom is 0.587 e. The number of fused-ring (bicyclic) bond motifs is 5. The largest absolute Gasteiger partial charge is 0.587 e. The van der Waals surface area contributed by atoms with Crippen LogP contribution in [0.3, 0.4) is 0 Å². The molecular formula is C36H51O4P. The molecule has 4 saturated carbocycles. The maximum absolute atomic E-state index is 14.1. The molecule has 0 spiro atoms. The molecule has 0 unspecified atom stereocenters. The van der Waals surface area contributed by atoms with Crippen molar-refractivity contribution >= 4 is 7.82 Å². The lowest BCUT2D eigenvalue weighted by atomic mass is 9.44. The lowest BCUT2D eigenvalue weighted by Gasteiger charge is -2.61. The Labute approximate surface area is 248 Å². The summed E-state index contributed by atoms with van der Waals surface area (Å²) in [6, 6.07) is 18.5. The van der Waals surface area contributed by atoms with Gasteiger partial charge in [0, 0.05) is 0 Å². The number of rotatable bonds is 9. The zero-order valence-electron chi connectivity index (χ0n) is 25.7. The lowest BCUT2D eigenvalue weighted by molar-refractivity contribution is -0.128. The summed E-state index contributed by atoms with van der Waals surface area (Å²) in [7, 11) is -3.88. The van der Waals surface area contributed by atoms with Crippen LogP contribution >= 0.6 is 7.82 Å². The van der Waals surface area contributed by atoms with Gasteiger partial charge in [-0.2, -0.15) is 0 Å². The van der Waals surface area contributed by atoms with Gasteiger partial charge in [-0.25, -0.2) is 4.57 Å². The average molecular weight is 579 g/mol. The topological polar surface area (TPSA) is 44.8 Å². The first-order chi connectivity index (χ1) is 19.7. The molecule has 41 heavy (non-hydrogen) atoms. The molecule has 6 rings (SSSR count). The normalized spacial score (nSPS) is 37.4. The highest BCUT2D eigenvalue weighted by atomic mass is 31.2. The molecule has 0 heterocycles. The summed E-state index contributed by atoms with van der Waals surface area (Å²) in [5.74, 6) is 5.96. The van der Waals surface area contributed by atoms with Crippen molar-refractivity contribution in [3.63, 3.8) is 0 Å². The molecule has 0 N–H and O–H groups in total. The quantitative estimate of drug-likeness (QED) is 0.278. The summed E-state index contributed by atoms with van der Waals surface area (Å²) >= 11 is 0. The van der Waals surface area contributed by atoms with Gasteiger partial charge in [0.15, 0.2) is 0 Å². The van der Waals surface area contributed by atoms with Gasteiger partial charge in [0.2, 0.25) is 0 Å². The van der Waals surface area contributed by atoms with E-state index in [0.717, 1.165) is 48.9 Å². The van der Waals surface area contributed by atoms with Crippen molar-refractivity contribution in [3.8, 4) is 11.5 Å². The molecule has 224 valence electrons. The second-order valence-electron chi connectivity index (χ2n) is 14.4. The summed E-state index contributed by atoms with van der Waals surface area (Å²) in [6.07, 6.45) is 13.9. The third kappa shape index (κ3) is 5.65. The average Bonchev–Trinajstić information content (AvgIpc) is 3.32. The fourth-order valence-corrected chi connectivity index (χ4v) is 11.9. The highest BCUT2D eigenvalue weighted by molar-refractivity contribution is 7.49. The molecule has 0 bridgehead atoms. The molecule has 9 atom stereocenters. The number of hydrogen-bond donors (Lipinski definition) is 0. The van der Waals surface area contributed by atoms with Crippen LogP contribution in [0.5, 0.6) is 11.5 Å². The van der Waals surface area contributed by atoms with Gasteiger partial charge in [0.05, 0.1) is 6.10 Å². The van der Waals surface area contributed by atoms with Crippen molar-refractivity contribution in [1.82, 2.24) is 0 Å². The molecule has 0 aromatic heterocycles. The maximum atomic E-state index is 14.1. The van der Waals surface area contributed by atoms with E-state index in [1.165, 1.54) is 51.4 Å². The Balaban J connectivity index is 1.16. The van der Waals surface area contributed by atoms with Crippen molar-refractivity contribution in [2.45, 2.75) is 104 Å². The van der Waals surface area contributed by atoms with Crippen molar-refractivity contribution in [3.05, 3.63) is 60.7 Å². The highest BCUT2D eigenvalue weighted by Crippen LogP contribution is 2.69. The van der Waals surface area contributed by atoms with E-state index in [4.69, 9.17) is 13.6 Å². The standard InChI is InChI=1S/C36H51O4P/c1-5-12-26(2)32-19-20-33-31-18-17-27-25-30(21-23-35(27,3)34(31)22-24-36(32,33)4)40-41(37,38-28-13-8-6-9-14-28)39-29-15-10-7-11-16-29/h6-11,13-16,26-27,30-34H,5,12,17-25H2,1-4H3/t26-,27-,30-,31+,32-,33+,34+,35+,36-/m1/s1. The SMILES string of the molecule is CCC[C@@H](C)[C@H]1CC[C@H]2[C@@H]3CC[C@@H]4C[C@H](OP(=O)(Oc5ccccc5)Oc5ccccc5)CC[C@]4(C)[C@H]3CC[C@]12C. The fourth-order valence-electron chi connectivity index (χ4n) is 10.4. The first kappa shape index (κ1) is 29.3. The zero-order valence-corrected chi connectivity index (χ0v) is 26.6. The first-order valence-electron chi connectivity index (χ1n) is 16.5. The Hall–Kier alpha value is -1.77. The van der Waals surface area contributed by atoms with E-state index in [0.29, 0.717) is 28.2 Å². The van der Waals surface area contributed by atoms with Crippen LogP contribution in [-0.2, 0) is 9.09 Å². The van der Waals surface area contributed by atoms with Crippen LogP contribution in [-0.4, -0.2) is 6.10 Å². The second kappa shape index (κ2) is 11.7. The summed E-state index contributed by atoms with van der Waals surface area (Å²) in [5.41, 5.74) is 0.886. The van der Waals surface area contributed by atoms with Crippen LogP contribution < -0.4 is 9.05 Å². The number of phosphoric ester groups is 1. The predicted octanol–water partition coefficient (Wildman–Crippen LogP) is 10.7. The minimum Gasteiger partial charge on any atom is -0.395 e. The monoisotopic (exact) mass is 578 g/mol. The number of para-hydroxylation sites is 2. The van der Waals surface area contributed by atoms with Gasteiger partial charge in [-0.3, -0.25) is 4.52 Å². The Kier molecular flexibility index (Phi) is 8.38. The van der Waals surface area contributed by atoms with Gasteiger partial charge in [0.1, 0.15) is 11.5 Å². The highest BCUT2D eigenvalue weighted by Gasteiger charge is 2.61. The number of phosphoric acid groups is 1. The molecule has 0 radical (unpaired) electrons. The summed E-state index contributed by atoms with van der Waals surface area (Å²) < 4.78 is 32.4. The third-order valence-electron chi connectivity index (χ3n) is 12.3. The van der Waals surface area contributed by atoms with Gasteiger partial charge in [-0.1, -0.05) is 76.9 Å². The van der Waals surface area contributed by atoms with E-state index >= 15 is 0 Å². The van der Waals surface area contributed by atoms with E-state index in [1.807, 2.05) is 36.4 Å².